The molecule has 1 aromatic heterocycles. The predicted molar refractivity (Wildman–Crippen MR) is 73.6 cm³/mol. The van der Waals surface area contributed by atoms with Gasteiger partial charge >= 0.3 is 0 Å². The quantitative estimate of drug-likeness (QED) is 0.898. The molecule has 2 rings (SSSR count). The van der Waals surface area contributed by atoms with Gasteiger partial charge in [-0.3, -0.25) is 9.88 Å². The van der Waals surface area contributed by atoms with Crippen molar-refractivity contribution in [3.05, 3.63) is 30.1 Å². The third kappa shape index (κ3) is 3.66. The second kappa shape index (κ2) is 6.94. The first-order valence-corrected chi connectivity index (χ1v) is 6.13. The Balaban J connectivity index is 0.00000144. The SMILES string of the molecule is CNC1CCCN(C(C)c2ccccn2)C1.Cl. The number of hydrogen-bond donors (Lipinski definition) is 1. The topological polar surface area (TPSA) is 28.2 Å². The second-order valence-corrected chi connectivity index (χ2v) is 4.55. The van der Waals surface area contributed by atoms with E-state index in [9.17, 15) is 0 Å². The van der Waals surface area contributed by atoms with Crippen LogP contribution in [-0.2, 0) is 0 Å². The highest BCUT2D eigenvalue weighted by Crippen LogP contribution is 2.22. The van der Waals surface area contributed by atoms with Crippen molar-refractivity contribution in [2.75, 3.05) is 20.1 Å². The summed E-state index contributed by atoms with van der Waals surface area (Å²) >= 11 is 0. The molecule has 0 aliphatic carbocycles. The average molecular weight is 256 g/mol. The molecule has 1 aromatic rings. The van der Waals surface area contributed by atoms with Gasteiger partial charge in [0.05, 0.1) is 5.69 Å². The molecule has 2 unspecified atom stereocenters. The van der Waals surface area contributed by atoms with E-state index in [-0.39, 0.29) is 12.4 Å². The average Bonchev–Trinajstić information content (AvgIpc) is 2.39. The molecule has 2 heterocycles. The zero-order valence-corrected chi connectivity index (χ0v) is 11.4. The highest BCUT2D eigenvalue weighted by atomic mass is 35.5. The fourth-order valence-electron chi connectivity index (χ4n) is 2.40. The minimum atomic E-state index is 0. The number of aromatic nitrogens is 1. The molecule has 1 aliphatic rings. The first-order valence-electron chi connectivity index (χ1n) is 6.13. The summed E-state index contributed by atoms with van der Waals surface area (Å²) in [5, 5.41) is 3.38. The molecule has 0 bridgehead atoms. The number of likely N-dealkylation sites (tertiary alicyclic amines) is 1. The third-order valence-corrected chi connectivity index (χ3v) is 3.52. The third-order valence-electron chi connectivity index (χ3n) is 3.52. The van der Waals surface area contributed by atoms with Crippen LogP contribution >= 0.6 is 12.4 Å². The van der Waals surface area contributed by atoms with Crippen LogP contribution in [0, 0.1) is 0 Å². The molecule has 3 nitrogen and oxygen atoms in total. The van der Waals surface area contributed by atoms with Crippen LogP contribution in [-0.4, -0.2) is 36.1 Å². The Hall–Kier alpha value is -0.640. The molecular weight excluding hydrogens is 234 g/mol. The molecule has 1 saturated heterocycles. The van der Waals surface area contributed by atoms with Crippen molar-refractivity contribution in [1.82, 2.24) is 15.2 Å². The van der Waals surface area contributed by atoms with Gasteiger partial charge in [-0.05, 0) is 45.5 Å². The highest BCUT2D eigenvalue weighted by Gasteiger charge is 2.23. The van der Waals surface area contributed by atoms with Crippen LogP contribution in [0.15, 0.2) is 24.4 Å². The van der Waals surface area contributed by atoms with E-state index in [1.54, 1.807) is 0 Å². The van der Waals surface area contributed by atoms with Crippen LogP contribution in [0.25, 0.3) is 0 Å². The van der Waals surface area contributed by atoms with E-state index in [0.29, 0.717) is 12.1 Å². The van der Waals surface area contributed by atoms with Crippen LogP contribution in [0.5, 0.6) is 0 Å². The Morgan fingerprint density at radius 3 is 2.94 bits per heavy atom. The molecule has 0 aromatic carbocycles. The normalized spacial score (nSPS) is 22.8. The first-order chi connectivity index (χ1) is 7.81. The van der Waals surface area contributed by atoms with Crippen LogP contribution in [0.4, 0.5) is 0 Å². The molecule has 0 radical (unpaired) electrons. The minimum Gasteiger partial charge on any atom is -0.316 e. The summed E-state index contributed by atoms with van der Waals surface area (Å²) in [7, 11) is 2.06. The molecule has 96 valence electrons. The molecule has 2 atom stereocenters. The summed E-state index contributed by atoms with van der Waals surface area (Å²) in [5.41, 5.74) is 1.18. The van der Waals surface area contributed by atoms with Gasteiger partial charge in [0.2, 0.25) is 0 Å². The van der Waals surface area contributed by atoms with Crippen LogP contribution in [0.2, 0.25) is 0 Å². The van der Waals surface area contributed by atoms with Crippen molar-refractivity contribution >= 4 is 12.4 Å². The van der Waals surface area contributed by atoms with E-state index >= 15 is 0 Å². The van der Waals surface area contributed by atoms with Gasteiger partial charge in [0.25, 0.3) is 0 Å². The lowest BCUT2D eigenvalue weighted by Gasteiger charge is -2.36. The fraction of sp³-hybridized carbons (Fsp3) is 0.615. The van der Waals surface area contributed by atoms with Gasteiger partial charge < -0.3 is 5.32 Å². The molecule has 1 N–H and O–H groups in total. The second-order valence-electron chi connectivity index (χ2n) is 4.55. The van der Waals surface area contributed by atoms with Gasteiger partial charge in [0.15, 0.2) is 0 Å². The maximum Gasteiger partial charge on any atom is 0.0572 e. The van der Waals surface area contributed by atoms with E-state index < -0.39 is 0 Å². The zero-order valence-electron chi connectivity index (χ0n) is 10.6. The van der Waals surface area contributed by atoms with Gasteiger partial charge in [-0.15, -0.1) is 12.4 Å². The standard InChI is InChI=1S/C13H21N3.ClH/c1-11(13-7-3-4-8-15-13)16-9-5-6-12(10-16)14-2;/h3-4,7-8,11-12,14H,5-6,9-10H2,1-2H3;1H. The van der Waals surface area contributed by atoms with E-state index in [4.69, 9.17) is 0 Å². The van der Waals surface area contributed by atoms with Gasteiger partial charge in [0, 0.05) is 24.8 Å². The summed E-state index contributed by atoms with van der Waals surface area (Å²) in [6.45, 7) is 4.57. The largest absolute Gasteiger partial charge is 0.316 e. The fourth-order valence-corrected chi connectivity index (χ4v) is 2.40. The number of pyridine rings is 1. The Morgan fingerprint density at radius 2 is 2.29 bits per heavy atom. The number of hydrogen-bond acceptors (Lipinski definition) is 3. The highest BCUT2D eigenvalue weighted by molar-refractivity contribution is 5.85. The van der Waals surface area contributed by atoms with Crippen molar-refractivity contribution in [1.29, 1.82) is 0 Å². The van der Waals surface area contributed by atoms with Gasteiger partial charge in [0.1, 0.15) is 0 Å². The molecule has 1 fully saturated rings. The number of piperidine rings is 1. The van der Waals surface area contributed by atoms with Crippen molar-refractivity contribution < 1.29 is 0 Å². The molecular formula is C13H22ClN3. The number of nitrogens with one attached hydrogen (secondary N) is 1. The Morgan fingerprint density at radius 1 is 1.47 bits per heavy atom. The number of nitrogens with zero attached hydrogens (tertiary/aromatic N) is 2. The maximum absolute atomic E-state index is 4.44. The predicted octanol–water partition coefficient (Wildman–Crippen LogP) is 2.25. The van der Waals surface area contributed by atoms with Crippen LogP contribution in [0.3, 0.4) is 0 Å². The Bertz CT molecular complexity index is 318. The number of halogens is 1. The summed E-state index contributed by atoms with van der Waals surface area (Å²) < 4.78 is 0. The maximum atomic E-state index is 4.44. The molecule has 4 heteroatoms. The molecule has 0 amide bonds. The van der Waals surface area contributed by atoms with Gasteiger partial charge in [-0.1, -0.05) is 6.07 Å². The lowest BCUT2D eigenvalue weighted by molar-refractivity contribution is 0.147. The van der Waals surface area contributed by atoms with E-state index in [1.165, 1.54) is 25.1 Å². The van der Waals surface area contributed by atoms with E-state index in [1.807, 2.05) is 12.3 Å². The molecule has 0 spiro atoms. The first kappa shape index (κ1) is 14.4. The molecule has 1 aliphatic heterocycles. The summed E-state index contributed by atoms with van der Waals surface area (Å²) in [4.78, 5) is 6.96. The van der Waals surface area contributed by atoms with Crippen molar-refractivity contribution in [2.24, 2.45) is 0 Å². The monoisotopic (exact) mass is 255 g/mol. The minimum absolute atomic E-state index is 0. The summed E-state index contributed by atoms with van der Waals surface area (Å²) in [5.74, 6) is 0. The van der Waals surface area contributed by atoms with Crippen molar-refractivity contribution in [3.63, 3.8) is 0 Å². The van der Waals surface area contributed by atoms with Crippen molar-refractivity contribution in [2.45, 2.75) is 31.8 Å². The smallest absolute Gasteiger partial charge is 0.0572 e. The lowest BCUT2D eigenvalue weighted by Crippen LogP contribution is -2.45. The molecule has 17 heavy (non-hydrogen) atoms. The van der Waals surface area contributed by atoms with Gasteiger partial charge in [-0.2, -0.15) is 0 Å². The van der Waals surface area contributed by atoms with Gasteiger partial charge in [-0.25, -0.2) is 0 Å². The van der Waals surface area contributed by atoms with E-state index in [0.717, 1.165) is 6.54 Å². The molecule has 0 saturated carbocycles. The summed E-state index contributed by atoms with van der Waals surface area (Å²) in [6, 6.07) is 7.23. The zero-order chi connectivity index (χ0) is 11.4. The number of likely N-dealkylation sites (N-methyl/N-ethyl adjacent to an activating group) is 1. The number of rotatable bonds is 3. The Kier molecular flexibility index (Phi) is 5.89. The summed E-state index contributed by atoms with van der Waals surface area (Å²) in [6.07, 6.45) is 4.45. The van der Waals surface area contributed by atoms with Crippen molar-refractivity contribution in [3.8, 4) is 0 Å². The van der Waals surface area contributed by atoms with E-state index in [2.05, 4.69) is 41.3 Å². The Labute approximate surface area is 110 Å². The lowest BCUT2D eigenvalue weighted by atomic mass is 10.0. The van der Waals surface area contributed by atoms with Crippen LogP contribution < -0.4 is 5.32 Å². The van der Waals surface area contributed by atoms with Crippen LogP contribution in [0.1, 0.15) is 31.5 Å².